The van der Waals surface area contributed by atoms with Crippen LogP contribution in [0.4, 0.5) is 5.82 Å². The summed E-state index contributed by atoms with van der Waals surface area (Å²) < 4.78 is 5.46. The van der Waals surface area contributed by atoms with Crippen molar-refractivity contribution in [2.24, 2.45) is 0 Å². The lowest BCUT2D eigenvalue weighted by molar-refractivity contribution is -0.143. The maximum absolute atomic E-state index is 12.3. The minimum atomic E-state index is -1.65. The van der Waals surface area contributed by atoms with E-state index in [1.807, 2.05) is 36.4 Å². The Hall–Kier alpha value is -3.85. The van der Waals surface area contributed by atoms with E-state index in [2.05, 4.69) is 20.1 Å². The molecule has 3 N–H and O–H groups in total. The molecule has 0 radical (unpaired) electrons. The van der Waals surface area contributed by atoms with Crippen molar-refractivity contribution < 1.29 is 14.4 Å². The molecule has 1 saturated heterocycles. The Bertz CT molecular complexity index is 1330. The fourth-order valence-electron chi connectivity index (χ4n) is 3.85. The standard InChI is InChI=1S/C22H20N6O3/c1-12-24-16-7-6-15(26-19(16)20(23)25-12)13-4-3-5-14(10-13)17-11-18(27-31-17)22(30)8-9-28(2)21(22)29/h3-7,10-11,30H,8-9H2,1-2H3,(H2,23,24,25). The lowest BCUT2D eigenvalue weighted by Crippen LogP contribution is -2.36. The van der Waals surface area contributed by atoms with Gasteiger partial charge in [0.05, 0.1) is 11.2 Å². The van der Waals surface area contributed by atoms with Gasteiger partial charge in [-0.15, -0.1) is 0 Å². The third-order valence-corrected chi connectivity index (χ3v) is 5.57. The Morgan fingerprint density at radius 2 is 1.94 bits per heavy atom. The maximum atomic E-state index is 12.3. The van der Waals surface area contributed by atoms with Gasteiger partial charge in [-0.1, -0.05) is 23.4 Å². The number of fused-ring (bicyclic) bond motifs is 1. The predicted octanol–water partition coefficient (Wildman–Crippen LogP) is 2.29. The molecule has 9 nitrogen and oxygen atoms in total. The number of likely N-dealkylation sites (tertiary alicyclic amines) is 1. The zero-order valence-corrected chi connectivity index (χ0v) is 17.0. The SMILES string of the molecule is Cc1nc(N)c2nc(-c3cccc(-c4cc(C5(O)CCN(C)C5=O)no4)c3)ccc2n1. The molecule has 4 heterocycles. The highest BCUT2D eigenvalue weighted by Crippen LogP contribution is 2.35. The van der Waals surface area contributed by atoms with Crippen molar-refractivity contribution in [3.05, 3.63) is 54.0 Å². The second-order valence-corrected chi connectivity index (χ2v) is 7.71. The normalized spacial score (nSPS) is 18.8. The Morgan fingerprint density at radius 3 is 2.71 bits per heavy atom. The van der Waals surface area contributed by atoms with Gasteiger partial charge in [-0.3, -0.25) is 4.79 Å². The number of pyridine rings is 1. The van der Waals surface area contributed by atoms with Crippen LogP contribution in [0.15, 0.2) is 47.0 Å². The quantitative estimate of drug-likeness (QED) is 0.520. The number of benzene rings is 1. The van der Waals surface area contributed by atoms with E-state index in [4.69, 9.17) is 10.3 Å². The van der Waals surface area contributed by atoms with Gasteiger partial charge >= 0.3 is 0 Å². The van der Waals surface area contributed by atoms with Crippen LogP contribution in [0.3, 0.4) is 0 Å². The van der Waals surface area contributed by atoms with Gasteiger partial charge in [0.15, 0.2) is 17.2 Å². The van der Waals surface area contributed by atoms with Crippen molar-refractivity contribution in [3.8, 4) is 22.6 Å². The summed E-state index contributed by atoms with van der Waals surface area (Å²) >= 11 is 0. The third-order valence-electron chi connectivity index (χ3n) is 5.57. The number of hydrogen-bond acceptors (Lipinski definition) is 8. The number of aromatic nitrogens is 4. The van der Waals surface area contributed by atoms with Crippen molar-refractivity contribution >= 4 is 22.8 Å². The minimum Gasteiger partial charge on any atom is -0.382 e. The summed E-state index contributed by atoms with van der Waals surface area (Å²) in [5.74, 6) is 1.000. The first-order chi connectivity index (χ1) is 14.8. The topological polar surface area (TPSA) is 131 Å². The molecule has 156 valence electrons. The van der Waals surface area contributed by atoms with E-state index >= 15 is 0 Å². The van der Waals surface area contributed by atoms with Crippen LogP contribution in [0.25, 0.3) is 33.6 Å². The molecule has 0 spiro atoms. The summed E-state index contributed by atoms with van der Waals surface area (Å²) in [7, 11) is 1.65. The van der Waals surface area contributed by atoms with Gasteiger partial charge in [0.25, 0.3) is 5.91 Å². The summed E-state index contributed by atoms with van der Waals surface area (Å²) in [5.41, 5.74) is 8.11. The Labute approximate surface area is 177 Å². The van der Waals surface area contributed by atoms with E-state index < -0.39 is 5.60 Å². The van der Waals surface area contributed by atoms with Crippen molar-refractivity contribution in [2.75, 3.05) is 19.3 Å². The van der Waals surface area contributed by atoms with E-state index in [9.17, 15) is 9.90 Å². The van der Waals surface area contributed by atoms with Crippen LogP contribution >= 0.6 is 0 Å². The molecule has 1 unspecified atom stereocenters. The number of nitrogens with two attached hydrogens (primary N) is 1. The van der Waals surface area contributed by atoms with Crippen LogP contribution in [0.1, 0.15) is 17.9 Å². The number of amides is 1. The summed E-state index contributed by atoms with van der Waals surface area (Å²) in [4.78, 5) is 27.0. The molecule has 9 heteroatoms. The van der Waals surface area contributed by atoms with E-state index in [-0.39, 0.29) is 18.0 Å². The van der Waals surface area contributed by atoms with Crippen LogP contribution in [0.5, 0.6) is 0 Å². The first-order valence-corrected chi connectivity index (χ1v) is 9.82. The predicted molar refractivity (Wildman–Crippen MR) is 114 cm³/mol. The number of nitrogens with zero attached hydrogens (tertiary/aromatic N) is 5. The molecule has 5 rings (SSSR count). The Balaban J connectivity index is 1.51. The number of nitrogen functional groups attached to an aromatic ring is 1. The molecule has 1 aromatic carbocycles. The molecular weight excluding hydrogens is 396 g/mol. The highest BCUT2D eigenvalue weighted by atomic mass is 16.5. The van der Waals surface area contributed by atoms with Crippen molar-refractivity contribution in [1.82, 2.24) is 25.0 Å². The molecule has 4 aromatic rings. The fraction of sp³-hybridized carbons (Fsp3) is 0.227. The van der Waals surface area contributed by atoms with Crippen LogP contribution in [-0.4, -0.2) is 49.6 Å². The van der Waals surface area contributed by atoms with Crippen molar-refractivity contribution in [1.29, 1.82) is 0 Å². The fourth-order valence-corrected chi connectivity index (χ4v) is 3.85. The van der Waals surface area contributed by atoms with Crippen molar-refractivity contribution in [2.45, 2.75) is 18.9 Å². The molecule has 3 aromatic heterocycles. The van der Waals surface area contributed by atoms with Crippen LogP contribution < -0.4 is 5.73 Å². The van der Waals surface area contributed by atoms with E-state index in [1.54, 1.807) is 20.0 Å². The average Bonchev–Trinajstić information content (AvgIpc) is 3.36. The highest BCUT2D eigenvalue weighted by Gasteiger charge is 2.47. The molecule has 1 aliphatic rings. The molecule has 1 atom stereocenters. The smallest absolute Gasteiger partial charge is 0.260 e. The molecule has 0 saturated carbocycles. The number of anilines is 1. The third kappa shape index (κ3) is 3.10. The van der Waals surface area contributed by atoms with Gasteiger partial charge in [0.2, 0.25) is 0 Å². The number of rotatable bonds is 3. The number of hydrogen-bond donors (Lipinski definition) is 2. The van der Waals surface area contributed by atoms with Gasteiger partial charge in [-0.05, 0) is 25.1 Å². The van der Waals surface area contributed by atoms with Gasteiger partial charge in [0.1, 0.15) is 17.0 Å². The molecule has 1 fully saturated rings. The summed E-state index contributed by atoms with van der Waals surface area (Å²) in [6.45, 7) is 2.25. The summed E-state index contributed by atoms with van der Waals surface area (Å²) in [6, 6.07) is 12.9. The zero-order chi connectivity index (χ0) is 21.8. The Morgan fingerprint density at radius 1 is 1.13 bits per heavy atom. The molecular formula is C22H20N6O3. The molecule has 0 bridgehead atoms. The van der Waals surface area contributed by atoms with Crippen molar-refractivity contribution in [3.63, 3.8) is 0 Å². The number of aryl methyl sites for hydroxylation is 1. The molecule has 31 heavy (non-hydrogen) atoms. The number of carbonyl (C=O) groups excluding carboxylic acids is 1. The molecule has 1 amide bonds. The van der Waals surface area contributed by atoms with E-state index in [1.165, 1.54) is 4.90 Å². The van der Waals surface area contributed by atoms with E-state index in [0.717, 1.165) is 11.1 Å². The zero-order valence-electron chi connectivity index (χ0n) is 17.0. The number of likely N-dealkylation sites (N-methyl/N-ethyl adjacent to an activating group) is 1. The van der Waals surface area contributed by atoms with Crippen LogP contribution in [-0.2, 0) is 10.4 Å². The van der Waals surface area contributed by atoms with Crippen LogP contribution in [0, 0.1) is 6.92 Å². The van der Waals surface area contributed by atoms with Gasteiger partial charge in [0, 0.05) is 37.2 Å². The first kappa shape index (κ1) is 19.1. The average molecular weight is 416 g/mol. The van der Waals surface area contributed by atoms with Gasteiger partial charge in [-0.25, -0.2) is 15.0 Å². The highest BCUT2D eigenvalue weighted by molar-refractivity contribution is 5.88. The van der Waals surface area contributed by atoms with E-state index in [0.29, 0.717) is 40.7 Å². The van der Waals surface area contributed by atoms with Gasteiger partial charge in [-0.2, -0.15) is 0 Å². The summed E-state index contributed by atoms with van der Waals surface area (Å²) in [5, 5.41) is 14.8. The molecule has 0 aliphatic carbocycles. The van der Waals surface area contributed by atoms with Gasteiger partial charge < -0.3 is 20.3 Å². The minimum absolute atomic E-state index is 0.214. The summed E-state index contributed by atoms with van der Waals surface area (Å²) in [6.07, 6.45) is 0.276. The second-order valence-electron chi connectivity index (χ2n) is 7.71. The maximum Gasteiger partial charge on any atom is 0.260 e. The van der Waals surface area contributed by atoms with Crippen LogP contribution in [0.2, 0.25) is 0 Å². The second kappa shape index (κ2) is 6.85. The number of aliphatic hydroxyl groups is 1. The monoisotopic (exact) mass is 416 g/mol. The number of carbonyl (C=O) groups is 1. The Kier molecular flexibility index (Phi) is 4.23. The largest absolute Gasteiger partial charge is 0.382 e. The molecule has 1 aliphatic heterocycles. The lowest BCUT2D eigenvalue weighted by Gasteiger charge is -2.16. The lowest BCUT2D eigenvalue weighted by atomic mass is 9.97. The first-order valence-electron chi connectivity index (χ1n) is 9.82.